The van der Waals surface area contributed by atoms with E-state index in [1.54, 1.807) is 12.4 Å². The molecule has 3 rings (SSSR count). The third kappa shape index (κ3) is 5.23. The number of nitrogens with zero attached hydrogens (tertiary/aromatic N) is 3. The lowest BCUT2D eigenvalue weighted by molar-refractivity contribution is -0.121. The van der Waals surface area contributed by atoms with Crippen LogP contribution in [-0.2, 0) is 17.9 Å². The highest BCUT2D eigenvalue weighted by Crippen LogP contribution is 2.20. The molecule has 2 heterocycles. The van der Waals surface area contributed by atoms with Gasteiger partial charge in [0.15, 0.2) is 5.82 Å². The van der Waals surface area contributed by atoms with Crippen LogP contribution in [0.3, 0.4) is 0 Å². The molecule has 1 amide bonds. The van der Waals surface area contributed by atoms with Crippen molar-refractivity contribution in [1.82, 2.24) is 25.4 Å². The second-order valence-corrected chi connectivity index (χ2v) is 6.72. The molecule has 0 saturated carbocycles. The molecule has 0 atom stereocenters. The van der Waals surface area contributed by atoms with Gasteiger partial charge in [0.1, 0.15) is 11.5 Å². The summed E-state index contributed by atoms with van der Waals surface area (Å²) in [4.78, 5) is 16.0. The van der Waals surface area contributed by atoms with Gasteiger partial charge in [0.05, 0.1) is 5.69 Å². The van der Waals surface area contributed by atoms with Gasteiger partial charge in [-0.15, -0.1) is 0 Å². The Morgan fingerprint density at radius 3 is 2.72 bits per heavy atom. The average molecular weight is 399 g/mol. The van der Waals surface area contributed by atoms with Crippen molar-refractivity contribution in [2.45, 2.75) is 33.4 Å². The molecule has 0 spiro atoms. The van der Waals surface area contributed by atoms with Crippen LogP contribution >= 0.6 is 0 Å². The topological polar surface area (TPSA) is 71.8 Å². The average Bonchev–Trinajstić information content (AvgIpc) is 2.98. The van der Waals surface area contributed by atoms with Crippen molar-refractivity contribution in [3.8, 4) is 5.69 Å². The van der Waals surface area contributed by atoms with E-state index in [9.17, 15) is 13.6 Å². The summed E-state index contributed by atoms with van der Waals surface area (Å²) in [7, 11) is 0. The molecule has 152 valence electrons. The predicted molar refractivity (Wildman–Crippen MR) is 105 cm³/mol. The summed E-state index contributed by atoms with van der Waals surface area (Å²) in [5.74, 6) is -1.35. The number of benzene rings is 1. The van der Waals surface area contributed by atoms with Gasteiger partial charge in [-0.05, 0) is 37.6 Å². The number of halogens is 2. The number of amides is 1. The van der Waals surface area contributed by atoms with E-state index in [1.165, 1.54) is 16.8 Å². The third-order valence-electron chi connectivity index (χ3n) is 4.62. The van der Waals surface area contributed by atoms with E-state index in [0.717, 1.165) is 28.6 Å². The van der Waals surface area contributed by atoms with Gasteiger partial charge in [-0.2, -0.15) is 5.10 Å². The Morgan fingerprint density at radius 1 is 1.17 bits per heavy atom. The molecule has 0 bridgehead atoms. The smallest absolute Gasteiger partial charge is 0.221 e. The molecule has 1 aromatic carbocycles. The Labute approximate surface area is 168 Å². The minimum Gasteiger partial charge on any atom is -0.352 e. The molecule has 0 aliphatic rings. The Balaban J connectivity index is 1.52. The zero-order valence-electron chi connectivity index (χ0n) is 16.4. The fraction of sp³-hybridized carbons (Fsp3) is 0.286. The van der Waals surface area contributed by atoms with Crippen LogP contribution in [0.25, 0.3) is 5.69 Å². The number of aryl methyl sites for hydroxylation is 1. The highest BCUT2D eigenvalue weighted by molar-refractivity contribution is 5.76. The van der Waals surface area contributed by atoms with Crippen molar-refractivity contribution in [3.05, 3.63) is 76.9 Å². The van der Waals surface area contributed by atoms with E-state index < -0.39 is 11.6 Å². The molecular weight excluding hydrogens is 376 g/mol. The molecule has 0 fully saturated rings. The lowest BCUT2D eigenvalue weighted by Crippen LogP contribution is -2.27. The normalized spacial score (nSPS) is 10.9. The number of pyridine rings is 1. The maximum absolute atomic E-state index is 14.1. The Bertz CT molecular complexity index is 988. The quantitative estimate of drug-likeness (QED) is 0.572. The van der Waals surface area contributed by atoms with E-state index in [0.29, 0.717) is 26.1 Å². The van der Waals surface area contributed by atoms with Crippen LogP contribution in [0.1, 0.15) is 28.9 Å². The highest BCUT2D eigenvalue weighted by Gasteiger charge is 2.15. The van der Waals surface area contributed by atoms with Crippen molar-refractivity contribution in [2.75, 3.05) is 6.54 Å². The standard InChI is InChI=1S/C21H23F2N5O/c1-14-18(15(2)28(27-14)20-6-5-17(22)10-19(20)23)13-25-9-7-21(29)26-12-16-4-3-8-24-11-16/h3-6,8,10-11,25H,7,9,12-13H2,1-2H3,(H,26,29). The van der Waals surface area contributed by atoms with Crippen LogP contribution in [0.2, 0.25) is 0 Å². The van der Waals surface area contributed by atoms with Gasteiger partial charge in [0, 0.05) is 55.8 Å². The first kappa shape index (κ1) is 20.6. The lowest BCUT2D eigenvalue weighted by atomic mass is 10.2. The summed E-state index contributed by atoms with van der Waals surface area (Å²) in [6.07, 6.45) is 3.73. The number of carbonyl (C=O) groups excluding carboxylic acids is 1. The van der Waals surface area contributed by atoms with Crippen LogP contribution in [0, 0.1) is 25.5 Å². The molecule has 0 radical (unpaired) electrons. The highest BCUT2D eigenvalue weighted by atomic mass is 19.1. The maximum atomic E-state index is 14.1. The minimum atomic E-state index is -0.666. The van der Waals surface area contributed by atoms with Gasteiger partial charge in [-0.25, -0.2) is 13.5 Å². The molecule has 0 aliphatic carbocycles. The van der Waals surface area contributed by atoms with E-state index in [1.807, 2.05) is 26.0 Å². The Hall–Kier alpha value is -3.13. The van der Waals surface area contributed by atoms with Crippen LogP contribution in [0.4, 0.5) is 8.78 Å². The summed E-state index contributed by atoms with van der Waals surface area (Å²) >= 11 is 0. The van der Waals surface area contributed by atoms with Crippen LogP contribution in [0.5, 0.6) is 0 Å². The van der Waals surface area contributed by atoms with Gasteiger partial charge in [-0.1, -0.05) is 6.07 Å². The molecule has 0 unspecified atom stereocenters. The van der Waals surface area contributed by atoms with Gasteiger partial charge in [-0.3, -0.25) is 9.78 Å². The molecule has 2 N–H and O–H groups in total. The van der Waals surface area contributed by atoms with Gasteiger partial charge in [0.25, 0.3) is 0 Å². The number of hydrogen-bond acceptors (Lipinski definition) is 4. The van der Waals surface area contributed by atoms with Crippen molar-refractivity contribution < 1.29 is 13.6 Å². The lowest BCUT2D eigenvalue weighted by Gasteiger charge is -2.08. The van der Waals surface area contributed by atoms with Gasteiger partial charge < -0.3 is 10.6 Å². The molecule has 0 aliphatic heterocycles. The van der Waals surface area contributed by atoms with Crippen LogP contribution in [-0.4, -0.2) is 27.2 Å². The van der Waals surface area contributed by atoms with Crippen LogP contribution in [0.15, 0.2) is 42.7 Å². The van der Waals surface area contributed by atoms with Crippen molar-refractivity contribution in [3.63, 3.8) is 0 Å². The molecular formula is C21H23F2N5O. The molecule has 8 heteroatoms. The zero-order valence-corrected chi connectivity index (χ0v) is 16.4. The van der Waals surface area contributed by atoms with Crippen LogP contribution < -0.4 is 10.6 Å². The Kier molecular flexibility index (Phi) is 6.66. The number of nitrogens with one attached hydrogen (secondary N) is 2. The van der Waals surface area contributed by atoms with E-state index in [-0.39, 0.29) is 11.6 Å². The minimum absolute atomic E-state index is 0.0566. The number of carbonyl (C=O) groups is 1. The maximum Gasteiger partial charge on any atom is 0.221 e. The Morgan fingerprint density at radius 2 is 2.00 bits per heavy atom. The molecule has 2 aromatic heterocycles. The largest absolute Gasteiger partial charge is 0.352 e. The third-order valence-corrected chi connectivity index (χ3v) is 4.62. The summed E-state index contributed by atoms with van der Waals surface area (Å²) < 4.78 is 28.7. The second kappa shape index (κ2) is 9.38. The van der Waals surface area contributed by atoms with Gasteiger partial charge >= 0.3 is 0 Å². The molecule has 0 saturated heterocycles. The van der Waals surface area contributed by atoms with E-state index >= 15 is 0 Å². The fourth-order valence-electron chi connectivity index (χ4n) is 3.03. The molecule has 6 nitrogen and oxygen atoms in total. The predicted octanol–water partition coefficient (Wildman–Crippen LogP) is 2.96. The first-order chi connectivity index (χ1) is 14.0. The summed E-state index contributed by atoms with van der Waals surface area (Å²) in [6, 6.07) is 7.14. The van der Waals surface area contributed by atoms with Crippen molar-refractivity contribution in [2.24, 2.45) is 0 Å². The first-order valence-electron chi connectivity index (χ1n) is 9.32. The summed E-state index contributed by atoms with van der Waals surface area (Å²) in [5, 5.41) is 10.4. The van der Waals surface area contributed by atoms with Gasteiger partial charge in [0.2, 0.25) is 5.91 Å². The summed E-state index contributed by atoms with van der Waals surface area (Å²) in [5.41, 5.74) is 3.58. The second-order valence-electron chi connectivity index (χ2n) is 6.72. The monoisotopic (exact) mass is 399 g/mol. The number of hydrogen-bond donors (Lipinski definition) is 2. The molecule has 3 aromatic rings. The van der Waals surface area contributed by atoms with E-state index in [2.05, 4.69) is 20.7 Å². The molecule has 29 heavy (non-hydrogen) atoms. The number of aromatic nitrogens is 3. The number of rotatable bonds is 8. The first-order valence-corrected chi connectivity index (χ1v) is 9.32. The van der Waals surface area contributed by atoms with Crippen molar-refractivity contribution >= 4 is 5.91 Å². The zero-order chi connectivity index (χ0) is 20.8. The van der Waals surface area contributed by atoms with E-state index in [4.69, 9.17) is 0 Å². The SMILES string of the molecule is Cc1nn(-c2ccc(F)cc2F)c(C)c1CNCCC(=O)NCc1cccnc1. The summed E-state index contributed by atoms with van der Waals surface area (Å²) in [6.45, 7) is 5.11. The van der Waals surface area contributed by atoms with Crippen molar-refractivity contribution in [1.29, 1.82) is 0 Å². The fourth-order valence-corrected chi connectivity index (χ4v) is 3.03.